The number of aromatic nitrogens is 1. The van der Waals surface area contributed by atoms with Crippen LogP contribution in [0.25, 0.3) is 0 Å². The lowest BCUT2D eigenvalue weighted by Gasteiger charge is -2.45. The number of nitrogens with one attached hydrogen (secondary N) is 1. The predicted octanol–water partition coefficient (Wildman–Crippen LogP) is 2.94. The van der Waals surface area contributed by atoms with Crippen molar-refractivity contribution in [3.63, 3.8) is 0 Å². The molecule has 1 saturated heterocycles. The van der Waals surface area contributed by atoms with E-state index in [0.29, 0.717) is 12.1 Å². The molecule has 0 radical (unpaired) electrons. The lowest BCUT2D eigenvalue weighted by molar-refractivity contribution is 0.0991. The van der Waals surface area contributed by atoms with E-state index in [1.807, 2.05) is 11.3 Å². The van der Waals surface area contributed by atoms with Gasteiger partial charge in [-0.1, -0.05) is 0 Å². The van der Waals surface area contributed by atoms with Crippen LogP contribution in [-0.2, 0) is 18.4 Å². The Bertz CT molecular complexity index is 461. The Kier molecular flexibility index (Phi) is 3.91. The summed E-state index contributed by atoms with van der Waals surface area (Å²) in [7, 11) is 2.24. The molecule has 1 fully saturated rings. The van der Waals surface area contributed by atoms with Crippen LogP contribution < -0.4 is 5.32 Å². The summed E-state index contributed by atoms with van der Waals surface area (Å²) in [5, 5.41) is 5.23. The van der Waals surface area contributed by atoms with Crippen LogP contribution in [0.3, 0.4) is 0 Å². The number of likely N-dealkylation sites (tertiary alicyclic amines) is 1. The van der Waals surface area contributed by atoms with Crippen LogP contribution in [0, 0.1) is 0 Å². The van der Waals surface area contributed by atoms with Gasteiger partial charge in [0.25, 0.3) is 0 Å². The van der Waals surface area contributed by atoms with Crippen molar-refractivity contribution in [2.75, 3.05) is 13.6 Å². The second-order valence-corrected chi connectivity index (χ2v) is 7.99. The molecule has 1 aromatic rings. The average molecular weight is 293 g/mol. The third kappa shape index (κ3) is 2.53. The van der Waals surface area contributed by atoms with Crippen LogP contribution >= 0.6 is 11.3 Å². The monoisotopic (exact) mass is 293 g/mol. The van der Waals surface area contributed by atoms with E-state index in [4.69, 9.17) is 4.98 Å². The fourth-order valence-electron chi connectivity index (χ4n) is 3.68. The van der Waals surface area contributed by atoms with Crippen molar-refractivity contribution in [2.24, 2.45) is 0 Å². The maximum absolute atomic E-state index is 5.04. The number of hydrogen-bond donors (Lipinski definition) is 1. The normalized spacial score (nSPS) is 30.9. The van der Waals surface area contributed by atoms with Gasteiger partial charge in [0.1, 0.15) is 5.01 Å². The number of nitrogens with zero attached hydrogens (tertiary/aromatic N) is 2. The Morgan fingerprint density at radius 2 is 2.20 bits per heavy atom. The van der Waals surface area contributed by atoms with Gasteiger partial charge in [0.15, 0.2) is 0 Å². The molecule has 20 heavy (non-hydrogen) atoms. The number of fused-ring (bicyclic) bond motifs is 1. The number of aryl methyl sites for hydroxylation is 2. The maximum atomic E-state index is 5.04. The Labute approximate surface area is 126 Å². The lowest BCUT2D eigenvalue weighted by atomic mass is 9.83. The topological polar surface area (TPSA) is 28.2 Å². The van der Waals surface area contributed by atoms with Crippen LogP contribution in [-0.4, -0.2) is 35.6 Å². The molecule has 0 amide bonds. The first-order valence-electron chi connectivity index (χ1n) is 7.97. The van der Waals surface area contributed by atoms with Crippen LogP contribution in [0.2, 0.25) is 0 Å². The van der Waals surface area contributed by atoms with Crippen molar-refractivity contribution < 1.29 is 0 Å². The summed E-state index contributed by atoms with van der Waals surface area (Å²) in [4.78, 5) is 9.06. The number of thiazole rings is 1. The van der Waals surface area contributed by atoms with E-state index in [2.05, 4.69) is 38.0 Å². The van der Waals surface area contributed by atoms with Gasteiger partial charge in [0.2, 0.25) is 0 Å². The summed E-state index contributed by atoms with van der Waals surface area (Å²) >= 11 is 1.98. The number of rotatable bonds is 3. The van der Waals surface area contributed by atoms with Gasteiger partial charge >= 0.3 is 0 Å². The zero-order valence-corrected chi connectivity index (χ0v) is 14.0. The molecular formula is C16H27N3S. The molecule has 0 aromatic carbocycles. The Morgan fingerprint density at radius 3 is 2.85 bits per heavy atom. The molecule has 2 aliphatic rings. The summed E-state index contributed by atoms with van der Waals surface area (Å²) in [6.07, 6.45) is 6.10. The zero-order chi connectivity index (χ0) is 14.3. The molecule has 1 N–H and O–H groups in total. The molecule has 2 heterocycles. The van der Waals surface area contributed by atoms with Crippen LogP contribution in [0.15, 0.2) is 0 Å². The van der Waals surface area contributed by atoms with Crippen LogP contribution in [0.4, 0.5) is 0 Å². The molecule has 2 atom stereocenters. The molecule has 0 saturated carbocycles. The Hall–Kier alpha value is -0.450. The highest BCUT2D eigenvalue weighted by Gasteiger charge is 2.41. The van der Waals surface area contributed by atoms with Crippen molar-refractivity contribution in [3.8, 4) is 0 Å². The quantitative estimate of drug-likeness (QED) is 0.929. The van der Waals surface area contributed by atoms with E-state index in [9.17, 15) is 0 Å². The first kappa shape index (κ1) is 14.5. The Morgan fingerprint density at radius 1 is 1.40 bits per heavy atom. The minimum Gasteiger partial charge on any atom is -0.304 e. The fraction of sp³-hybridized carbons (Fsp3) is 0.812. The van der Waals surface area contributed by atoms with Crippen molar-refractivity contribution in [1.82, 2.24) is 15.2 Å². The van der Waals surface area contributed by atoms with Crippen LogP contribution in [0.5, 0.6) is 0 Å². The summed E-state index contributed by atoms with van der Waals surface area (Å²) in [5.74, 6) is 0. The third-order valence-electron chi connectivity index (χ3n) is 4.86. The van der Waals surface area contributed by atoms with Crippen LogP contribution in [0.1, 0.15) is 55.6 Å². The predicted molar refractivity (Wildman–Crippen MR) is 85.4 cm³/mol. The molecule has 1 aromatic heterocycles. The molecule has 2 unspecified atom stereocenters. The molecule has 0 spiro atoms. The minimum absolute atomic E-state index is 0.106. The van der Waals surface area contributed by atoms with Crippen molar-refractivity contribution in [2.45, 2.75) is 70.5 Å². The molecule has 4 heteroatoms. The summed E-state index contributed by atoms with van der Waals surface area (Å²) in [5.41, 5.74) is 1.50. The smallest absolute Gasteiger partial charge is 0.113 e. The molecule has 1 aliphatic carbocycles. The van der Waals surface area contributed by atoms with Gasteiger partial charge in [-0.25, -0.2) is 4.98 Å². The number of hydrogen-bond acceptors (Lipinski definition) is 4. The maximum Gasteiger partial charge on any atom is 0.113 e. The molecule has 1 aliphatic heterocycles. The highest BCUT2D eigenvalue weighted by atomic mass is 32.1. The van der Waals surface area contributed by atoms with E-state index < -0.39 is 0 Å². The summed E-state index contributed by atoms with van der Waals surface area (Å²) < 4.78 is 0. The minimum atomic E-state index is 0.106. The Balaban J connectivity index is 1.92. The SMILES string of the molecule is CC(C)NC1(c2nc3c(s2)CCC3)CCN(C)C(C)C1. The standard InChI is InChI=1S/C16H27N3S/c1-11(2)18-16(8-9-19(4)12(3)10-16)15-17-13-6-5-7-14(13)20-15/h11-12,18H,5-10H2,1-4H3. The van der Waals surface area contributed by atoms with Gasteiger partial charge in [-0.2, -0.15) is 0 Å². The second-order valence-electron chi connectivity index (χ2n) is 6.91. The molecule has 3 rings (SSSR count). The second kappa shape index (κ2) is 5.39. The lowest BCUT2D eigenvalue weighted by Crippen LogP contribution is -2.55. The van der Waals surface area contributed by atoms with Gasteiger partial charge in [-0.05, 0) is 59.9 Å². The summed E-state index contributed by atoms with van der Waals surface area (Å²) in [6.45, 7) is 8.01. The molecular weight excluding hydrogens is 266 g/mol. The van der Waals surface area contributed by atoms with E-state index in [-0.39, 0.29) is 5.54 Å². The number of piperidine rings is 1. The average Bonchev–Trinajstić information content (AvgIpc) is 2.94. The van der Waals surface area contributed by atoms with Gasteiger partial charge < -0.3 is 10.2 Å². The highest BCUT2D eigenvalue weighted by molar-refractivity contribution is 7.12. The van der Waals surface area contributed by atoms with Gasteiger partial charge in [0, 0.05) is 23.5 Å². The summed E-state index contributed by atoms with van der Waals surface area (Å²) in [6, 6.07) is 1.12. The molecule has 3 nitrogen and oxygen atoms in total. The van der Waals surface area contributed by atoms with Crippen molar-refractivity contribution >= 4 is 11.3 Å². The van der Waals surface area contributed by atoms with Gasteiger partial charge in [-0.3, -0.25) is 0 Å². The van der Waals surface area contributed by atoms with Gasteiger partial charge in [0.05, 0.1) is 11.2 Å². The van der Waals surface area contributed by atoms with Crippen molar-refractivity contribution in [3.05, 3.63) is 15.6 Å². The zero-order valence-electron chi connectivity index (χ0n) is 13.2. The first-order chi connectivity index (χ1) is 9.50. The van der Waals surface area contributed by atoms with E-state index >= 15 is 0 Å². The molecule has 0 bridgehead atoms. The molecule has 112 valence electrons. The van der Waals surface area contributed by atoms with E-state index in [0.717, 1.165) is 6.54 Å². The largest absolute Gasteiger partial charge is 0.304 e. The van der Waals surface area contributed by atoms with Gasteiger partial charge in [-0.15, -0.1) is 11.3 Å². The van der Waals surface area contributed by atoms with Crippen molar-refractivity contribution in [1.29, 1.82) is 0 Å². The third-order valence-corrected chi connectivity index (χ3v) is 6.22. The first-order valence-corrected chi connectivity index (χ1v) is 8.79. The highest BCUT2D eigenvalue weighted by Crippen LogP contribution is 2.40. The van der Waals surface area contributed by atoms with E-state index in [1.54, 1.807) is 4.88 Å². The fourth-order valence-corrected chi connectivity index (χ4v) is 5.03. The van der Waals surface area contributed by atoms with E-state index in [1.165, 1.54) is 42.8 Å².